The van der Waals surface area contributed by atoms with Crippen LogP contribution in [-0.2, 0) is 68.2 Å². The topological polar surface area (TPSA) is 257 Å². The summed E-state index contributed by atoms with van der Waals surface area (Å²) in [7, 11) is 4.62. The van der Waals surface area contributed by atoms with E-state index >= 15 is 0 Å². The molecule has 0 saturated carbocycles. The Labute approximate surface area is 453 Å². The predicted molar refractivity (Wildman–Crippen MR) is 284 cm³/mol. The lowest BCUT2D eigenvalue weighted by Gasteiger charge is -2.54. The first kappa shape index (κ1) is 63.1. The number of aliphatic hydroxyl groups excluding tert-OH is 3. The van der Waals surface area contributed by atoms with Gasteiger partial charge in [0.05, 0.1) is 61.9 Å². The van der Waals surface area contributed by atoms with Gasteiger partial charge >= 0.3 is 11.9 Å². The summed E-state index contributed by atoms with van der Waals surface area (Å²) in [5, 5.41) is 58.2. The first-order valence-corrected chi connectivity index (χ1v) is 26.3. The number of carbonyl (C=O) groups is 3. The number of esters is 1. The first-order valence-electron chi connectivity index (χ1n) is 26.3. The van der Waals surface area contributed by atoms with Gasteiger partial charge in [0.1, 0.15) is 30.3 Å². The summed E-state index contributed by atoms with van der Waals surface area (Å²) in [4.78, 5) is 39.2. The number of rotatable bonds is 25. The van der Waals surface area contributed by atoms with E-state index in [1.165, 1.54) is 20.3 Å². The van der Waals surface area contributed by atoms with E-state index in [0.29, 0.717) is 12.0 Å². The van der Waals surface area contributed by atoms with Gasteiger partial charge in [-0.1, -0.05) is 124 Å². The summed E-state index contributed by atoms with van der Waals surface area (Å²) in [6.07, 6.45) is 9.73. The highest BCUT2D eigenvalue weighted by Crippen LogP contribution is 2.46. The van der Waals surface area contributed by atoms with Crippen molar-refractivity contribution in [3.8, 4) is 0 Å². The number of aliphatic carboxylic acids is 1. The predicted octanol–water partition coefficient (Wildman–Crippen LogP) is 4.97. The van der Waals surface area contributed by atoms with Gasteiger partial charge in [0, 0.05) is 64.5 Å². The number of nitrogens with one attached hydrogen (secondary N) is 1. The second kappa shape index (κ2) is 30.0. The van der Waals surface area contributed by atoms with Crippen LogP contribution in [0.4, 0.5) is 0 Å². The molecule has 19 heteroatoms. The van der Waals surface area contributed by atoms with Crippen LogP contribution in [0.5, 0.6) is 0 Å². The van der Waals surface area contributed by atoms with Gasteiger partial charge in [-0.05, 0) is 38.8 Å². The van der Waals surface area contributed by atoms with Crippen LogP contribution in [0.3, 0.4) is 0 Å². The van der Waals surface area contributed by atoms with Crippen LogP contribution in [0, 0.1) is 17.3 Å². The molecule has 0 radical (unpaired) electrons. The van der Waals surface area contributed by atoms with Crippen molar-refractivity contribution in [1.29, 1.82) is 0 Å². The van der Waals surface area contributed by atoms with E-state index in [1.807, 2.05) is 26.8 Å². The summed E-state index contributed by atoms with van der Waals surface area (Å²) in [6.45, 7) is 12.0. The van der Waals surface area contributed by atoms with Crippen LogP contribution in [0.15, 0.2) is 115 Å². The number of benzene rings is 1. The highest BCUT2D eigenvalue weighted by molar-refractivity contribution is 5.81. The Bertz CT molecular complexity index is 2240. The third-order valence-corrected chi connectivity index (χ3v) is 14.7. The van der Waals surface area contributed by atoms with Crippen LogP contribution in [0.2, 0.25) is 0 Å². The first-order chi connectivity index (χ1) is 36.7. The Balaban J connectivity index is 1.37. The van der Waals surface area contributed by atoms with Gasteiger partial charge in [-0.15, -0.1) is 0 Å². The van der Waals surface area contributed by atoms with E-state index in [9.17, 15) is 34.8 Å². The molecule has 0 unspecified atom stereocenters. The number of aliphatic hydroxyl groups is 4. The molecule has 4 aliphatic heterocycles. The molecule has 428 valence electrons. The number of methoxy groups -OCH3 is 3. The van der Waals surface area contributed by atoms with Crippen molar-refractivity contribution in [2.75, 3.05) is 34.5 Å². The zero-order chi connectivity index (χ0) is 56.5. The van der Waals surface area contributed by atoms with Crippen LogP contribution < -0.4 is 5.32 Å². The van der Waals surface area contributed by atoms with Crippen molar-refractivity contribution in [2.45, 2.75) is 172 Å². The fourth-order valence-corrected chi connectivity index (χ4v) is 10.1. The highest BCUT2D eigenvalue weighted by Gasteiger charge is 2.63. The normalized spacial score (nSPS) is 34.4. The summed E-state index contributed by atoms with van der Waals surface area (Å²) in [6, 6.07) is 8.83. The van der Waals surface area contributed by atoms with Crippen molar-refractivity contribution >= 4 is 17.8 Å². The molecule has 4 heterocycles. The van der Waals surface area contributed by atoms with E-state index < -0.39 is 127 Å². The third kappa shape index (κ3) is 17.1. The standard InChI is InChI=1S/C58H83NO18/c1-11-12-16-27-46-57(6,7)54(65)55(75-48(63)30-39-24-17-15-18-25-39)58(67,77-46)40(34-71-49-33-45(69-9)53(38(5)73-49)76-50-32-44(68-8)51(64)37(4)72-50)56(66)59-29-22-21-23-35(2)52(70-10)36(3)43-31-41(60)42(74-43)26-19-13-14-20-28-47(61)62/h11-28,36-38,40-46,49-55,60,64-65,67H,29-34H2,1-10H3,(H,59,66)(H,61,62)/b12-11-,14-13+,22-21-,26-19+,27-16+,28-20-,35-23+/t36-,37-,38+,40-,41+,42-,43-,44-,45+,46-,49+,50+,51+,52+,53-,54-,55-,58+/m0/s1. The molecular formula is C58H83NO18. The zero-order valence-electron chi connectivity index (χ0n) is 46.0. The summed E-state index contributed by atoms with van der Waals surface area (Å²) >= 11 is 0. The largest absolute Gasteiger partial charge is 0.478 e. The van der Waals surface area contributed by atoms with Crippen LogP contribution in [0.1, 0.15) is 73.3 Å². The highest BCUT2D eigenvalue weighted by atomic mass is 16.7. The summed E-state index contributed by atoms with van der Waals surface area (Å²) in [5.74, 6) is -7.12. The third-order valence-electron chi connectivity index (χ3n) is 14.7. The van der Waals surface area contributed by atoms with E-state index in [1.54, 1.807) is 126 Å². The minimum absolute atomic E-state index is 0.0451. The number of carboxylic acid groups (broad SMARTS) is 1. The van der Waals surface area contributed by atoms with Gasteiger partial charge in [-0.2, -0.15) is 0 Å². The lowest BCUT2D eigenvalue weighted by atomic mass is 9.71. The molecule has 4 saturated heterocycles. The molecule has 19 nitrogen and oxygen atoms in total. The van der Waals surface area contributed by atoms with Gasteiger partial charge in [-0.25, -0.2) is 4.79 Å². The van der Waals surface area contributed by atoms with Gasteiger partial charge < -0.3 is 78.2 Å². The Morgan fingerprint density at radius 1 is 0.857 bits per heavy atom. The fourth-order valence-electron chi connectivity index (χ4n) is 10.1. The molecule has 5 rings (SSSR count). The molecule has 4 aliphatic rings. The molecule has 77 heavy (non-hydrogen) atoms. The average molecular weight is 1080 g/mol. The lowest BCUT2D eigenvalue weighted by Crippen LogP contribution is -2.71. The number of carbonyl (C=O) groups excluding carboxylic acids is 2. The van der Waals surface area contributed by atoms with Crippen molar-refractivity contribution in [1.82, 2.24) is 5.32 Å². The van der Waals surface area contributed by atoms with Gasteiger partial charge in [0.15, 0.2) is 18.7 Å². The van der Waals surface area contributed by atoms with Gasteiger partial charge in [-0.3, -0.25) is 9.59 Å². The summed E-state index contributed by atoms with van der Waals surface area (Å²) < 4.78 is 61.1. The number of amides is 1. The second-order valence-electron chi connectivity index (χ2n) is 20.6. The molecule has 0 bridgehead atoms. The molecule has 1 amide bonds. The molecule has 0 aliphatic carbocycles. The SMILES string of the molecule is C/C=C\C=C\[C@@H]1O[C@](O)([C@@H](CO[C@H]2C[C@@H](OC)[C@@H](O[C@@H]3C[C@H](OC)[C@H](O)[C@H](C)O3)[C@@H](C)O2)C(=O)NC/C=C\C=C(/C)[C@@H](OC)[C@@H](C)[C@@H]2C[C@@H](O)[C@H](/C=C/C=C/C=C\C(=O)O)O2)[C@@H](OC(=O)Cc2ccccc2)[C@H](O)C1(C)C. The van der Waals surface area contributed by atoms with E-state index in [2.05, 4.69) is 5.32 Å². The minimum Gasteiger partial charge on any atom is -0.478 e. The Morgan fingerprint density at radius 2 is 1.53 bits per heavy atom. The average Bonchev–Trinajstić information content (AvgIpc) is 3.78. The van der Waals surface area contributed by atoms with Crippen LogP contribution in [-0.4, -0.2) is 176 Å². The van der Waals surface area contributed by atoms with Crippen molar-refractivity contribution in [3.05, 3.63) is 120 Å². The quantitative estimate of drug-likeness (QED) is 0.0429. The summed E-state index contributed by atoms with van der Waals surface area (Å²) in [5.41, 5.74) is 0.294. The van der Waals surface area contributed by atoms with Crippen LogP contribution >= 0.6 is 0 Å². The van der Waals surface area contributed by atoms with E-state index in [4.69, 9.17) is 52.5 Å². The van der Waals surface area contributed by atoms with Crippen molar-refractivity contribution in [3.63, 3.8) is 0 Å². The Morgan fingerprint density at radius 3 is 2.21 bits per heavy atom. The fraction of sp³-hybridized carbons (Fsp3) is 0.603. The molecule has 6 N–H and O–H groups in total. The molecule has 0 aromatic heterocycles. The van der Waals surface area contributed by atoms with Crippen molar-refractivity contribution < 1.29 is 87.3 Å². The van der Waals surface area contributed by atoms with E-state index in [0.717, 1.165) is 11.6 Å². The zero-order valence-corrected chi connectivity index (χ0v) is 46.0. The van der Waals surface area contributed by atoms with E-state index in [-0.39, 0.29) is 37.8 Å². The van der Waals surface area contributed by atoms with Gasteiger partial charge in [0.25, 0.3) is 0 Å². The maximum atomic E-state index is 14.8. The number of hydrogen-bond acceptors (Lipinski definition) is 17. The molecule has 4 fully saturated rings. The Hall–Kier alpha value is -4.71. The molecular weight excluding hydrogens is 999 g/mol. The maximum absolute atomic E-state index is 14.8. The van der Waals surface area contributed by atoms with Crippen LogP contribution in [0.25, 0.3) is 0 Å². The number of ether oxygens (including phenoxy) is 10. The van der Waals surface area contributed by atoms with Crippen molar-refractivity contribution in [2.24, 2.45) is 17.3 Å². The monoisotopic (exact) mass is 1080 g/mol. The molecule has 1 aromatic carbocycles. The molecule has 1 aromatic rings. The molecule has 0 spiro atoms. The number of carboxylic acids is 1. The minimum atomic E-state index is -2.69. The lowest BCUT2D eigenvalue weighted by molar-refractivity contribution is -0.368. The Kier molecular flexibility index (Phi) is 24.6. The number of allylic oxidation sites excluding steroid dienone is 9. The second-order valence-corrected chi connectivity index (χ2v) is 20.6. The maximum Gasteiger partial charge on any atom is 0.328 e. The smallest absolute Gasteiger partial charge is 0.328 e. The number of hydrogen-bond donors (Lipinski definition) is 6. The molecule has 18 atom stereocenters. The van der Waals surface area contributed by atoms with Gasteiger partial charge in [0.2, 0.25) is 11.7 Å².